The Hall–Kier alpha value is -0.220. The molecule has 0 aromatic heterocycles. The van der Waals surface area contributed by atoms with Crippen LogP contribution in [0.2, 0.25) is 0 Å². The van der Waals surface area contributed by atoms with Gasteiger partial charge in [0.1, 0.15) is 0 Å². The van der Waals surface area contributed by atoms with E-state index in [1.807, 2.05) is 6.92 Å². The van der Waals surface area contributed by atoms with Crippen molar-refractivity contribution in [3.8, 4) is 0 Å². The van der Waals surface area contributed by atoms with Gasteiger partial charge in [0.2, 0.25) is 0 Å². The van der Waals surface area contributed by atoms with Crippen LogP contribution in [0, 0.1) is 0 Å². The Morgan fingerprint density at radius 2 is 2.50 bits per heavy atom. The minimum absolute atomic E-state index is 0.0904. The average molecular weight is 218 g/mol. The molecule has 82 valence electrons. The van der Waals surface area contributed by atoms with Crippen LogP contribution in [0.3, 0.4) is 0 Å². The van der Waals surface area contributed by atoms with Crippen LogP contribution in [0.25, 0.3) is 0 Å². The molecular formula is C10H18O3S. The third-order valence-corrected chi connectivity index (χ3v) is 3.18. The lowest BCUT2D eigenvalue weighted by atomic mass is 10.3. The summed E-state index contributed by atoms with van der Waals surface area (Å²) < 4.78 is 10.3. The van der Waals surface area contributed by atoms with Crippen molar-refractivity contribution in [3.63, 3.8) is 0 Å². The van der Waals surface area contributed by atoms with Gasteiger partial charge < -0.3 is 9.47 Å². The Bertz CT molecular complexity index is 167. The molecule has 4 heteroatoms. The van der Waals surface area contributed by atoms with E-state index in [4.69, 9.17) is 9.47 Å². The maximum absolute atomic E-state index is 11.0. The molecule has 0 spiro atoms. The van der Waals surface area contributed by atoms with E-state index in [0.29, 0.717) is 19.1 Å². The second-order valence-electron chi connectivity index (χ2n) is 3.26. The van der Waals surface area contributed by atoms with Crippen molar-refractivity contribution < 1.29 is 14.3 Å². The van der Waals surface area contributed by atoms with Gasteiger partial charge in [0.15, 0.2) is 0 Å². The number of esters is 1. The summed E-state index contributed by atoms with van der Waals surface area (Å²) in [5.74, 6) is 1.77. The highest BCUT2D eigenvalue weighted by Crippen LogP contribution is 2.17. The Morgan fingerprint density at radius 1 is 1.64 bits per heavy atom. The first kappa shape index (κ1) is 11.9. The normalized spacial score (nSPS) is 21.1. The molecule has 1 fully saturated rings. The van der Waals surface area contributed by atoms with Crippen molar-refractivity contribution in [2.45, 2.75) is 32.3 Å². The molecule has 3 nitrogen and oxygen atoms in total. The van der Waals surface area contributed by atoms with Crippen molar-refractivity contribution in [3.05, 3.63) is 0 Å². The predicted molar refractivity (Wildman–Crippen MR) is 57.5 cm³/mol. The molecule has 0 N–H and O–H groups in total. The number of hydrogen-bond donors (Lipinski definition) is 0. The first-order chi connectivity index (χ1) is 6.83. The maximum atomic E-state index is 11.0. The summed E-state index contributed by atoms with van der Waals surface area (Å²) in [5, 5.41) is 0. The van der Waals surface area contributed by atoms with Crippen LogP contribution in [0.4, 0.5) is 0 Å². The topological polar surface area (TPSA) is 35.5 Å². The molecule has 1 aliphatic heterocycles. The van der Waals surface area contributed by atoms with Crippen molar-refractivity contribution in [1.82, 2.24) is 0 Å². The maximum Gasteiger partial charge on any atom is 0.306 e. The lowest BCUT2D eigenvalue weighted by molar-refractivity contribution is -0.142. The number of thioether (sulfide) groups is 1. The molecule has 1 heterocycles. The predicted octanol–water partition coefficient (Wildman–Crippen LogP) is 1.85. The van der Waals surface area contributed by atoms with Gasteiger partial charge in [-0.15, -0.1) is 0 Å². The average Bonchev–Trinajstić information content (AvgIpc) is 2.65. The highest BCUT2D eigenvalue weighted by Gasteiger charge is 2.15. The molecule has 0 aromatic rings. The number of ether oxygens (including phenoxy) is 2. The summed E-state index contributed by atoms with van der Waals surface area (Å²) in [6.07, 6.45) is 3.29. The molecule has 1 unspecified atom stereocenters. The van der Waals surface area contributed by atoms with Gasteiger partial charge in [-0.1, -0.05) is 0 Å². The second-order valence-corrected chi connectivity index (χ2v) is 4.41. The second kappa shape index (κ2) is 7.12. The molecular weight excluding hydrogens is 200 g/mol. The zero-order chi connectivity index (χ0) is 10.2. The van der Waals surface area contributed by atoms with E-state index in [2.05, 4.69) is 0 Å². The third kappa shape index (κ3) is 4.86. The smallest absolute Gasteiger partial charge is 0.306 e. The monoisotopic (exact) mass is 218 g/mol. The summed E-state index contributed by atoms with van der Waals surface area (Å²) >= 11 is 1.78. The highest BCUT2D eigenvalue weighted by molar-refractivity contribution is 7.99. The Kier molecular flexibility index (Phi) is 6.03. The van der Waals surface area contributed by atoms with Crippen molar-refractivity contribution in [2.75, 3.05) is 24.7 Å². The number of hydrogen-bond acceptors (Lipinski definition) is 4. The van der Waals surface area contributed by atoms with E-state index in [1.165, 1.54) is 12.8 Å². The van der Waals surface area contributed by atoms with E-state index < -0.39 is 0 Å². The van der Waals surface area contributed by atoms with E-state index in [9.17, 15) is 4.79 Å². The van der Waals surface area contributed by atoms with Crippen molar-refractivity contribution in [2.24, 2.45) is 0 Å². The van der Waals surface area contributed by atoms with Gasteiger partial charge in [-0.25, -0.2) is 0 Å². The van der Waals surface area contributed by atoms with E-state index in [-0.39, 0.29) is 5.97 Å². The van der Waals surface area contributed by atoms with Crippen LogP contribution in [-0.2, 0) is 14.3 Å². The third-order valence-electron chi connectivity index (χ3n) is 2.08. The SMILES string of the molecule is CCOC(=O)CCSCC1CCCO1. The van der Waals surface area contributed by atoms with Gasteiger partial charge in [-0.2, -0.15) is 11.8 Å². The summed E-state index contributed by atoms with van der Waals surface area (Å²) in [7, 11) is 0. The number of carbonyl (C=O) groups is 1. The number of carbonyl (C=O) groups excluding carboxylic acids is 1. The van der Waals surface area contributed by atoms with Crippen LogP contribution >= 0.6 is 11.8 Å². The van der Waals surface area contributed by atoms with Crippen molar-refractivity contribution in [1.29, 1.82) is 0 Å². The summed E-state index contributed by atoms with van der Waals surface area (Å²) in [6, 6.07) is 0. The molecule has 14 heavy (non-hydrogen) atoms. The van der Waals surface area contributed by atoms with Crippen LogP contribution < -0.4 is 0 Å². The van der Waals surface area contributed by atoms with E-state index >= 15 is 0 Å². The quantitative estimate of drug-likeness (QED) is 0.503. The fourth-order valence-corrected chi connectivity index (χ4v) is 2.38. The Morgan fingerprint density at radius 3 is 3.14 bits per heavy atom. The fourth-order valence-electron chi connectivity index (χ4n) is 1.38. The lowest BCUT2D eigenvalue weighted by Gasteiger charge is -2.07. The van der Waals surface area contributed by atoms with E-state index in [0.717, 1.165) is 18.1 Å². The van der Waals surface area contributed by atoms with Gasteiger partial charge in [0.25, 0.3) is 0 Å². The largest absolute Gasteiger partial charge is 0.466 e. The minimum Gasteiger partial charge on any atom is -0.466 e. The van der Waals surface area contributed by atoms with Crippen LogP contribution in [0.1, 0.15) is 26.2 Å². The first-order valence-electron chi connectivity index (χ1n) is 5.18. The molecule has 0 saturated carbocycles. The molecule has 1 saturated heterocycles. The molecule has 0 aromatic carbocycles. The summed E-state index contributed by atoms with van der Waals surface area (Å²) in [4.78, 5) is 11.0. The van der Waals surface area contributed by atoms with Gasteiger partial charge in [-0.05, 0) is 19.8 Å². The first-order valence-corrected chi connectivity index (χ1v) is 6.33. The zero-order valence-electron chi connectivity index (χ0n) is 8.66. The van der Waals surface area contributed by atoms with Gasteiger partial charge in [0, 0.05) is 18.1 Å². The Labute approximate surface area is 89.5 Å². The zero-order valence-corrected chi connectivity index (χ0v) is 9.48. The summed E-state index contributed by atoms with van der Waals surface area (Å²) in [5.41, 5.74) is 0. The fraction of sp³-hybridized carbons (Fsp3) is 0.900. The molecule has 0 amide bonds. The van der Waals surface area contributed by atoms with Crippen LogP contribution in [0.15, 0.2) is 0 Å². The number of rotatable bonds is 6. The Balaban J connectivity index is 1.90. The molecule has 1 aliphatic rings. The lowest BCUT2D eigenvalue weighted by Crippen LogP contribution is -2.10. The molecule has 0 bridgehead atoms. The molecule has 1 rings (SSSR count). The molecule has 1 atom stereocenters. The van der Waals surface area contributed by atoms with Gasteiger partial charge >= 0.3 is 5.97 Å². The van der Waals surface area contributed by atoms with Crippen LogP contribution in [0.5, 0.6) is 0 Å². The van der Waals surface area contributed by atoms with Gasteiger partial charge in [0.05, 0.1) is 19.1 Å². The van der Waals surface area contributed by atoms with Crippen LogP contribution in [-0.4, -0.2) is 36.8 Å². The molecule has 0 radical (unpaired) electrons. The van der Waals surface area contributed by atoms with Gasteiger partial charge in [-0.3, -0.25) is 4.79 Å². The van der Waals surface area contributed by atoms with E-state index in [1.54, 1.807) is 11.8 Å². The standard InChI is InChI=1S/C10H18O3S/c1-2-12-10(11)5-7-14-8-9-4-3-6-13-9/h9H,2-8H2,1H3. The summed E-state index contributed by atoms with van der Waals surface area (Å²) in [6.45, 7) is 3.22. The highest BCUT2D eigenvalue weighted by atomic mass is 32.2. The molecule has 0 aliphatic carbocycles. The minimum atomic E-state index is -0.0904. The van der Waals surface area contributed by atoms with Crippen molar-refractivity contribution >= 4 is 17.7 Å².